The van der Waals surface area contributed by atoms with E-state index in [2.05, 4.69) is 0 Å². The van der Waals surface area contributed by atoms with E-state index in [1.165, 1.54) is 12.3 Å². The molecule has 6 nitrogen and oxygen atoms in total. The van der Waals surface area contributed by atoms with Crippen LogP contribution in [0.2, 0.25) is 0 Å². The van der Waals surface area contributed by atoms with Crippen LogP contribution in [0.3, 0.4) is 0 Å². The number of nitrogens with zero attached hydrogens (tertiary/aromatic N) is 1. The number of phenols is 1. The molecule has 6 heteroatoms. The zero-order valence-electron chi connectivity index (χ0n) is 13.5. The third-order valence-corrected chi connectivity index (χ3v) is 4.24. The Bertz CT molecular complexity index is 697. The topological polar surface area (TPSA) is 83.1 Å². The summed E-state index contributed by atoms with van der Waals surface area (Å²) in [5.74, 6) is 0.171. The van der Waals surface area contributed by atoms with Crippen LogP contribution in [-0.4, -0.2) is 46.8 Å². The highest BCUT2D eigenvalue weighted by Gasteiger charge is 2.31. The number of furan rings is 1. The first kappa shape index (κ1) is 16.5. The predicted octanol–water partition coefficient (Wildman–Crippen LogP) is 2.26. The van der Waals surface area contributed by atoms with Gasteiger partial charge in [0.2, 0.25) is 0 Å². The summed E-state index contributed by atoms with van der Waals surface area (Å²) < 4.78 is 10.7. The van der Waals surface area contributed by atoms with Gasteiger partial charge in [-0.15, -0.1) is 0 Å². The molecule has 3 rings (SSSR count). The van der Waals surface area contributed by atoms with Crippen molar-refractivity contribution in [1.82, 2.24) is 4.90 Å². The quantitative estimate of drug-likeness (QED) is 0.898. The Morgan fingerprint density at radius 2 is 2.25 bits per heavy atom. The molecule has 2 heterocycles. The van der Waals surface area contributed by atoms with E-state index in [0.717, 1.165) is 5.56 Å². The van der Waals surface area contributed by atoms with Gasteiger partial charge in [0, 0.05) is 13.0 Å². The molecule has 0 spiro atoms. The lowest BCUT2D eigenvalue weighted by atomic mass is 10.0. The maximum Gasteiger partial charge on any atom is 0.258 e. The summed E-state index contributed by atoms with van der Waals surface area (Å²) >= 11 is 0. The molecule has 0 bridgehead atoms. The van der Waals surface area contributed by atoms with Gasteiger partial charge in [0.15, 0.2) is 0 Å². The number of ether oxygens (including phenoxy) is 1. The lowest BCUT2D eigenvalue weighted by Crippen LogP contribution is -2.49. The molecular weight excluding hydrogens is 310 g/mol. The summed E-state index contributed by atoms with van der Waals surface area (Å²) in [6.45, 7) is 3.07. The average molecular weight is 331 g/mol. The Morgan fingerprint density at radius 3 is 3.00 bits per heavy atom. The van der Waals surface area contributed by atoms with Crippen LogP contribution in [0.4, 0.5) is 0 Å². The fourth-order valence-electron chi connectivity index (χ4n) is 2.95. The summed E-state index contributed by atoms with van der Waals surface area (Å²) in [6.07, 6.45) is 1.00. The van der Waals surface area contributed by atoms with Crippen molar-refractivity contribution in [3.63, 3.8) is 0 Å². The smallest absolute Gasteiger partial charge is 0.258 e. The molecule has 2 N–H and O–H groups in total. The number of hydrogen-bond acceptors (Lipinski definition) is 5. The van der Waals surface area contributed by atoms with E-state index < -0.39 is 6.10 Å². The number of hydrogen-bond donors (Lipinski definition) is 2. The average Bonchev–Trinajstić information content (AvgIpc) is 3.12. The molecule has 2 aromatic rings. The van der Waals surface area contributed by atoms with Gasteiger partial charge >= 0.3 is 0 Å². The molecule has 0 radical (unpaired) electrons. The zero-order chi connectivity index (χ0) is 17.1. The van der Waals surface area contributed by atoms with Gasteiger partial charge in [0.25, 0.3) is 5.91 Å². The van der Waals surface area contributed by atoms with Gasteiger partial charge in [0.05, 0.1) is 31.1 Å². The minimum atomic E-state index is -0.812. The van der Waals surface area contributed by atoms with Crippen LogP contribution >= 0.6 is 0 Å². The monoisotopic (exact) mass is 331 g/mol. The molecule has 1 fully saturated rings. The summed E-state index contributed by atoms with van der Waals surface area (Å²) in [4.78, 5) is 14.5. The molecule has 1 aliphatic rings. The third kappa shape index (κ3) is 3.44. The number of aryl methyl sites for hydroxylation is 1. The SMILES string of the molecule is Cc1ccc(O)c(C(=O)N2CCOC[C@@H]2C[C@H](O)c2ccco2)c1. The number of phenolic OH excluding ortho intramolecular Hbond substituents is 1. The van der Waals surface area contributed by atoms with E-state index in [-0.39, 0.29) is 23.3 Å². The number of carbonyl (C=O) groups is 1. The molecule has 24 heavy (non-hydrogen) atoms. The van der Waals surface area contributed by atoms with Crippen molar-refractivity contribution in [2.24, 2.45) is 0 Å². The lowest BCUT2D eigenvalue weighted by molar-refractivity contribution is -0.0196. The Labute approximate surface area is 140 Å². The maximum atomic E-state index is 12.9. The Balaban J connectivity index is 1.79. The molecule has 0 aliphatic carbocycles. The first-order valence-corrected chi connectivity index (χ1v) is 7.96. The van der Waals surface area contributed by atoms with Gasteiger partial charge in [-0.1, -0.05) is 11.6 Å². The number of aliphatic hydroxyl groups is 1. The number of carbonyl (C=O) groups excluding carboxylic acids is 1. The molecule has 1 aromatic carbocycles. The van der Waals surface area contributed by atoms with E-state index in [1.54, 1.807) is 29.2 Å². The van der Waals surface area contributed by atoms with Gasteiger partial charge in [-0.3, -0.25) is 4.79 Å². The van der Waals surface area contributed by atoms with Crippen LogP contribution < -0.4 is 0 Å². The van der Waals surface area contributed by atoms with E-state index in [0.29, 0.717) is 31.9 Å². The highest BCUT2D eigenvalue weighted by atomic mass is 16.5. The van der Waals surface area contributed by atoms with Crippen molar-refractivity contribution >= 4 is 5.91 Å². The number of aliphatic hydroxyl groups excluding tert-OH is 1. The van der Waals surface area contributed by atoms with Gasteiger partial charge < -0.3 is 24.3 Å². The van der Waals surface area contributed by atoms with Crippen LogP contribution in [0.1, 0.15) is 34.2 Å². The minimum absolute atomic E-state index is 0.0394. The van der Waals surface area contributed by atoms with E-state index >= 15 is 0 Å². The summed E-state index contributed by atoms with van der Waals surface area (Å²) in [6, 6.07) is 8.08. The maximum absolute atomic E-state index is 12.9. The van der Waals surface area contributed by atoms with Crippen molar-refractivity contribution in [2.45, 2.75) is 25.5 Å². The summed E-state index contributed by atoms with van der Waals surface area (Å²) in [5, 5.41) is 20.3. The molecule has 1 amide bonds. The van der Waals surface area contributed by atoms with Crippen LogP contribution in [0.5, 0.6) is 5.75 Å². The van der Waals surface area contributed by atoms with Crippen LogP contribution in [0.25, 0.3) is 0 Å². The Kier molecular flexibility index (Phi) is 4.87. The van der Waals surface area contributed by atoms with Crippen molar-refractivity contribution in [3.8, 4) is 5.75 Å². The van der Waals surface area contributed by atoms with Crippen LogP contribution in [0.15, 0.2) is 41.0 Å². The van der Waals surface area contributed by atoms with E-state index in [4.69, 9.17) is 9.15 Å². The molecular formula is C18H21NO5. The second kappa shape index (κ2) is 7.07. The highest BCUT2D eigenvalue weighted by Crippen LogP contribution is 2.26. The zero-order valence-corrected chi connectivity index (χ0v) is 13.5. The lowest BCUT2D eigenvalue weighted by Gasteiger charge is -2.36. The van der Waals surface area contributed by atoms with Crippen LogP contribution in [0, 0.1) is 6.92 Å². The number of rotatable bonds is 4. The van der Waals surface area contributed by atoms with Gasteiger partial charge in [0.1, 0.15) is 17.6 Å². The fourth-order valence-corrected chi connectivity index (χ4v) is 2.95. The molecule has 1 aliphatic heterocycles. The van der Waals surface area contributed by atoms with Gasteiger partial charge in [-0.05, 0) is 31.2 Å². The first-order valence-electron chi connectivity index (χ1n) is 7.96. The second-order valence-electron chi connectivity index (χ2n) is 6.01. The van der Waals surface area contributed by atoms with Crippen molar-refractivity contribution in [2.75, 3.05) is 19.8 Å². The highest BCUT2D eigenvalue weighted by molar-refractivity contribution is 5.97. The van der Waals surface area contributed by atoms with Crippen LogP contribution in [-0.2, 0) is 4.74 Å². The molecule has 0 saturated carbocycles. The van der Waals surface area contributed by atoms with E-state index in [1.807, 2.05) is 6.92 Å². The molecule has 0 unspecified atom stereocenters. The second-order valence-corrected chi connectivity index (χ2v) is 6.01. The van der Waals surface area contributed by atoms with Crippen molar-refractivity contribution < 1.29 is 24.2 Å². The summed E-state index contributed by atoms with van der Waals surface area (Å²) in [5.41, 5.74) is 1.17. The van der Waals surface area contributed by atoms with Crippen molar-refractivity contribution in [3.05, 3.63) is 53.5 Å². The normalized spacial score (nSPS) is 19.2. The number of amides is 1. The largest absolute Gasteiger partial charge is 0.507 e. The van der Waals surface area contributed by atoms with Gasteiger partial charge in [-0.2, -0.15) is 0 Å². The summed E-state index contributed by atoms with van der Waals surface area (Å²) in [7, 11) is 0. The standard InChI is InChI=1S/C18H21NO5/c1-12-4-5-15(20)14(9-12)18(22)19-6-8-23-11-13(19)10-16(21)17-3-2-7-24-17/h2-5,7,9,13,16,20-21H,6,8,10-11H2,1H3/t13-,16-/m0/s1. The fraction of sp³-hybridized carbons (Fsp3) is 0.389. The predicted molar refractivity (Wildman–Crippen MR) is 86.8 cm³/mol. The number of aromatic hydroxyl groups is 1. The third-order valence-electron chi connectivity index (χ3n) is 4.24. The molecule has 1 aromatic heterocycles. The molecule has 128 valence electrons. The van der Waals surface area contributed by atoms with Crippen molar-refractivity contribution in [1.29, 1.82) is 0 Å². The molecule has 2 atom stereocenters. The first-order chi connectivity index (χ1) is 11.6. The van der Waals surface area contributed by atoms with Gasteiger partial charge in [-0.25, -0.2) is 0 Å². The van der Waals surface area contributed by atoms with E-state index in [9.17, 15) is 15.0 Å². The Hall–Kier alpha value is -2.31. The molecule has 1 saturated heterocycles. The minimum Gasteiger partial charge on any atom is -0.507 e. The Morgan fingerprint density at radius 1 is 1.42 bits per heavy atom. The number of morpholine rings is 1. The number of benzene rings is 1.